The number of aryl methyl sites for hydroxylation is 1. The fourth-order valence-corrected chi connectivity index (χ4v) is 1.87. The lowest BCUT2D eigenvalue weighted by atomic mass is 10.0. The molecule has 82 valence electrons. The number of phenols is 1. The van der Waals surface area contributed by atoms with Gasteiger partial charge >= 0.3 is 5.97 Å². The van der Waals surface area contributed by atoms with Crippen molar-refractivity contribution in [2.75, 3.05) is 0 Å². The monoisotopic (exact) mass is 273 g/mol. The van der Waals surface area contributed by atoms with E-state index in [1.165, 1.54) is 6.07 Å². The van der Waals surface area contributed by atoms with Crippen molar-refractivity contribution in [1.82, 2.24) is 0 Å². The number of benzene rings is 1. The van der Waals surface area contributed by atoms with E-state index >= 15 is 0 Å². The van der Waals surface area contributed by atoms with E-state index in [-0.39, 0.29) is 12.2 Å². The van der Waals surface area contributed by atoms with Crippen molar-refractivity contribution in [2.24, 2.45) is 5.73 Å². The Balaban J connectivity index is 3.07. The van der Waals surface area contributed by atoms with Crippen molar-refractivity contribution in [3.63, 3.8) is 0 Å². The highest BCUT2D eigenvalue weighted by Crippen LogP contribution is 2.31. The molecule has 1 aromatic rings. The number of nitrogens with two attached hydrogens (primary N) is 1. The lowest BCUT2D eigenvalue weighted by Crippen LogP contribution is -2.15. The number of carboxylic acids is 1. The van der Waals surface area contributed by atoms with Crippen molar-refractivity contribution < 1.29 is 15.0 Å². The zero-order valence-corrected chi connectivity index (χ0v) is 9.78. The van der Waals surface area contributed by atoms with Crippen LogP contribution in [0.1, 0.15) is 23.6 Å². The van der Waals surface area contributed by atoms with E-state index in [0.29, 0.717) is 5.56 Å². The average molecular weight is 274 g/mol. The van der Waals surface area contributed by atoms with E-state index in [1.807, 2.05) is 0 Å². The number of hydrogen-bond donors (Lipinski definition) is 3. The maximum atomic E-state index is 10.5. The quantitative estimate of drug-likeness (QED) is 0.786. The van der Waals surface area contributed by atoms with E-state index in [0.717, 1.165) is 10.0 Å². The summed E-state index contributed by atoms with van der Waals surface area (Å²) in [6.45, 7) is 1.81. The summed E-state index contributed by atoms with van der Waals surface area (Å²) in [5.41, 5.74) is 7.14. The molecule has 0 saturated heterocycles. The Bertz CT molecular complexity index is 392. The Labute approximate surface area is 95.8 Å². The lowest BCUT2D eigenvalue weighted by molar-refractivity contribution is -0.137. The van der Waals surface area contributed by atoms with Gasteiger partial charge in [-0.3, -0.25) is 4.79 Å². The predicted molar refractivity (Wildman–Crippen MR) is 59.7 cm³/mol. The summed E-state index contributed by atoms with van der Waals surface area (Å²) >= 11 is 3.32. The summed E-state index contributed by atoms with van der Waals surface area (Å²) in [5, 5.41) is 18.0. The first-order valence-corrected chi connectivity index (χ1v) is 5.17. The van der Waals surface area contributed by atoms with Gasteiger partial charge in [-0.1, -0.05) is 15.9 Å². The van der Waals surface area contributed by atoms with Gasteiger partial charge in [0, 0.05) is 10.5 Å². The second-order valence-electron chi connectivity index (χ2n) is 3.37. The third kappa shape index (κ3) is 2.94. The fourth-order valence-electron chi connectivity index (χ4n) is 1.35. The summed E-state index contributed by atoms with van der Waals surface area (Å²) in [6, 6.07) is 2.44. The normalized spacial score (nSPS) is 12.5. The van der Waals surface area contributed by atoms with Crippen LogP contribution in [-0.4, -0.2) is 16.2 Å². The van der Waals surface area contributed by atoms with Crippen molar-refractivity contribution in [3.05, 3.63) is 27.7 Å². The molecular weight excluding hydrogens is 262 g/mol. The molecule has 0 fully saturated rings. The van der Waals surface area contributed by atoms with Crippen LogP contribution >= 0.6 is 15.9 Å². The predicted octanol–water partition coefficient (Wildman–Crippen LogP) is 1.94. The summed E-state index contributed by atoms with van der Waals surface area (Å²) < 4.78 is 0.744. The van der Waals surface area contributed by atoms with Crippen molar-refractivity contribution >= 4 is 21.9 Å². The highest BCUT2D eigenvalue weighted by Gasteiger charge is 2.15. The number of hydrogen-bond acceptors (Lipinski definition) is 3. The van der Waals surface area contributed by atoms with E-state index in [4.69, 9.17) is 10.8 Å². The third-order valence-corrected chi connectivity index (χ3v) is 3.14. The molecule has 4 N–H and O–H groups in total. The van der Waals surface area contributed by atoms with Gasteiger partial charge in [-0.05, 0) is 30.2 Å². The largest absolute Gasteiger partial charge is 0.508 e. The van der Waals surface area contributed by atoms with Gasteiger partial charge in [-0.25, -0.2) is 0 Å². The topological polar surface area (TPSA) is 83.5 Å². The average Bonchev–Trinajstić information content (AvgIpc) is 2.09. The SMILES string of the molecule is Cc1cc(O)cc(C(N)CC(=O)O)c1Br. The van der Waals surface area contributed by atoms with Gasteiger partial charge in [-0.15, -0.1) is 0 Å². The fraction of sp³-hybridized carbons (Fsp3) is 0.300. The summed E-state index contributed by atoms with van der Waals surface area (Å²) in [6.07, 6.45) is -0.165. The number of carbonyl (C=O) groups is 1. The van der Waals surface area contributed by atoms with Gasteiger partial charge in [0.05, 0.1) is 6.42 Å². The standard InChI is InChI=1S/C10H12BrNO3/c1-5-2-6(13)3-7(10(5)11)8(12)4-9(14)15/h2-3,8,13H,4,12H2,1H3,(H,14,15). The molecular formula is C10H12BrNO3. The van der Waals surface area contributed by atoms with Crippen LogP contribution in [0.4, 0.5) is 0 Å². The van der Waals surface area contributed by atoms with Crippen LogP contribution in [0.15, 0.2) is 16.6 Å². The molecule has 0 spiro atoms. The highest BCUT2D eigenvalue weighted by atomic mass is 79.9. The Hall–Kier alpha value is -1.07. The molecule has 0 amide bonds. The minimum absolute atomic E-state index is 0.0894. The van der Waals surface area contributed by atoms with E-state index in [2.05, 4.69) is 15.9 Å². The van der Waals surface area contributed by atoms with E-state index < -0.39 is 12.0 Å². The highest BCUT2D eigenvalue weighted by molar-refractivity contribution is 9.10. The molecule has 0 aliphatic carbocycles. The molecule has 0 bridgehead atoms. The van der Waals surface area contributed by atoms with Crippen LogP contribution in [0.2, 0.25) is 0 Å². The zero-order chi connectivity index (χ0) is 11.6. The van der Waals surface area contributed by atoms with Crippen LogP contribution in [-0.2, 0) is 4.79 Å². The Kier molecular flexibility index (Phi) is 3.71. The molecule has 1 rings (SSSR count). The number of phenolic OH excluding ortho intramolecular Hbond substituents is 1. The summed E-state index contributed by atoms with van der Waals surface area (Å²) in [7, 11) is 0. The zero-order valence-electron chi connectivity index (χ0n) is 8.20. The first-order valence-electron chi connectivity index (χ1n) is 4.38. The smallest absolute Gasteiger partial charge is 0.305 e. The van der Waals surface area contributed by atoms with Crippen LogP contribution in [0, 0.1) is 6.92 Å². The van der Waals surface area contributed by atoms with Crippen LogP contribution in [0.3, 0.4) is 0 Å². The van der Waals surface area contributed by atoms with E-state index in [1.54, 1.807) is 13.0 Å². The first kappa shape index (κ1) is 12.0. The maximum absolute atomic E-state index is 10.5. The molecule has 15 heavy (non-hydrogen) atoms. The molecule has 1 aromatic carbocycles. The van der Waals surface area contributed by atoms with Gasteiger partial charge in [0.25, 0.3) is 0 Å². The minimum atomic E-state index is -0.963. The summed E-state index contributed by atoms with van der Waals surface area (Å²) in [4.78, 5) is 10.5. The molecule has 0 aliphatic heterocycles. The summed E-state index contributed by atoms with van der Waals surface area (Å²) in [5.74, 6) is -0.873. The molecule has 5 heteroatoms. The minimum Gasteiger partial charge on any atom is -0.508 e. The number of halogens is 1. The van der Waals surface area contributed by atoms with Crippen LogP contribution in [0.25, 0.3) is 0 Å². The van der Waals surface area contributed by atoms with Crippen molar-refractivity contribution in [2.45, 2.75) is 19.4 Å². The van der Waals surface area contributed by atoms with Gasteiger partial charge in [0.15, 0.2) is 0 Å². The van der Waals surface area contributed by atoms with E-state index in [9.17, 15) is 9.90 Å². The Morgan fingerprint density at radius 1 is 1.60 bits per heavy atom. The van der Waals surface area contributed by atoms with Gasteiger partial charge in [-0.2, -0.15) is 0 Å². The second kappa shape index (κ2) is 4.63. The van der Waals surface area contributed by atoms with Crippen molar-refractivity contribution in [3.8, 4) is 5.75 Å². The number of aliphatic carboxylic acids is 1. The van der Waals surface area contributed by atoms with Gasteiger partial charge < -0.3 is 15.9 Å². The van der Waals surface area contributed by atoms with Crippen LogP contribution < -0.4 is 5.73 Å². The van der Waals surface area contributed by atoms with Gasteiger partial charge in [0.2, 0.25) is 0 Å². The van der Waals surface area contributed by atoms with Crippen LogP contribution in [0.5, 0.6) is 5.75 Å². The maximum Gasteiger partial charge on any atom is 0.305 e. The molecule has 1 unspecified atom stereocenters. The number of aromatic hydroxyl groups is 1. The third-order valence-electron chi connectivity index (χ3n) is 2.06. The van der Waals surface area contributed by atoms with Gasteiger partial charge in [0.1, 0.15) is 5.75 Å². The van der Waals surface area contributed by atoms with Crippen molar-refractivity contribution in [1.29, 1.82) is 0 Å². The molecule has 0 aliphatic rings. The number of rotatable bonds is 3. The number of carboxylic acid groups (broad SMARTS) is 1. The molecule has 0 aromatic heterocycles. The Morgan fingerprint density at radius 2 is 2.20 bits per heavy atom. The molecule has 0 radical (unpaired) electrons. The second-order valence-corrected chi connectivity index (χ2v) is 4.16. The molecule has 4 nitrogen and oxygen atoms in total. The Morgan fingerprint density at radius 3 is 2.73 bits per heavy atom. The first-order chi connectivity index (χ1) is 6.91. The molecule has 0 heterocycles. The lowest BCUT2D eigenvalue weighted by Gasteiger charge is -2.13. The molecule has 1 atom stereocenters. The molecule has 0 saturated carbocycles.